The van der Waals surface area contributed by atoms with Gasteiger partial charge in [-0.25, -0.2) is 4.79 Å². The van der Waals surface area contributed by atoms with Crippen LogP contribution in [0.4, 0.5) is 0 Å². The molecule has 2 saturated heterocycles. The largest absolute Gasteiger partial charge is 0.493 e. The quantitative estimate of drug-likeness (QED) is 0.106. The molecule has 3 heterocycles. The van der Waals surface area contributed by atoms with Gasteiger partial charge in [0.05, 0.1) is 50.0 Å². The highest BCUT2D eigenvalue weighted by Gasteiger charge is 2.57. The van der Waals surface area contributed by atoms with Crippen LogP contribution in [0.1, 0.15) is 126 Å². The monoisotopic (exact) mass is 752 g/mol. The Morgan fingerprint density at radius 3 is 2.42 bits per heavy atom. The summed E-state index contributed by atoms with van der Waals surface area (Å²) in [4.78, 5) is 26.1. The normalized spacial score (nSPS) is 34.0. The van der Waals surface area contributed by atoms with Crippen molar-refractivity contribution in [3.8, 4) is 0 Å². The lowest BCUT2D eigenvalue weighted by Gasteiger charge is -2.51. The molecule has 3 aliphatic rings. The van der Waals surface area contributed by atoms with E-state index in [-0.39, 0.29) is 49.1 Å². The minimum atomic E-state index is -2.21. The summed E-state index contributed by atoms with van der Waals surface area (Å²) < 4.78 is 42.4. The molecule has 3 aliphatic heterocycles. The van der Waals surface area contributed by atoms with Crippen LogP contribution in [-0.2, 0) is 42.7 Å². The molecule has 2 fully saturated rings. The second-order valence-electron chi connectivity index (χ2n) is 16.6. The zero-order valence-corrected chi connectivity index (χ0v) is 33.5. The molecule has 53 heavy (non-hydrogen) atoms. The van der Waals surface area contributed by atoms with Gasteiger partial charge >= 0.3 is 11.9 Å². The lowest BCUT2D eigenvalue weighted by molar-refractivity contribution is -0.327. The minimum Gasteiger partial charge on any atom is -0.493 e. The number of fused-ring (bicyclic) bond motifs is 4. The van der Waals surface area contributed by atoms with E-state index in [0.717, 1.165) is 25.7 Å². The topological polar surface area (TPSA) is 159 Å². The number of ether oxygens (including phenoxy) is 7. The zero-order valence-electron chi connectivity index (χ0n) is 33.5. The number of unbranched alkanes of at least 4 members (excludes halogenated alkanes) is 4. The summed E-state index contributed by atoms with van der Waals surface area (Å²) in [5.74, 6) is -3.14. The Kier molecular flexibility index (Phi) is 17.5. The van der Waals surface area contributed by atoms with Gasteiger partial charge in [0.15, 0.2) is 12.4 Å². The van der Waals surface area contributed by atoms with E-state index in [1.165, 1.54) is 13.2 Å². The number of hydrogen-bond acceptors (Lipinski definition) is 12. The Morgan fingerprint density at radius 1 is 1.06 bits per heavy atom. The van der Waals surface area contributed by atoms with Gasteiger partial charge in [0.2, 0.25) is 5.79 Å². The van der Waals surface area contributed by atoms with Gasteiger partial charge in [-0.3, -0.25) is 4.79 Å². The SMILES string of the molecule is C=C1C[C@H](O)CCO[C@H](C(C)(C)C)C[C@@H]2CCO[C@H](/C=C/C(C)(C)[C@]3(O)O[C@@H](C/C(=C\C(=O)OC)[C@@H]3OC(=O)CCCCCCC)C[C@H]([C@@H](C)O)O1)O2. The molecule has 9 atom stereocenters. The van der Waals surface area contributed by atoms with Crippen molar-refractivity contribution in [3.63, 3.8) is 0 Å². The molecule has 0 radical (unpaired) electrons. The van der Waals surface area contributed by atoms with Crippen LogP contribution in [0, 0.1) is 10.8 Å². The Hall–Kier alpha value is -2.32. The molecule has 0 saturated carbocycles. The van der Waals surface area contributed by atoms with Gasteiger partial charge in [-0.1, -0.05) is 79.9 Å². The molecule has 0 unspecified atom stereocenters. The highest BCUT2D eigenvalue weighted by molar-refractivity contribution is 5.83. The molecule has 3 rings (SSSR count). The molecule has 3 N–H and O–H groups in total. The molecule has 0 amide bonds. The summed E-state index contributed by atoms with van der Waals surface area (Å²) in [7, 11) is 1.25. The first-order chi connectivity index (χ1) is 24.9. The molecular formula is C41H68O12. The summed E-state index contributed by atoms with van der Waals surface area (Å²) in [6, 6.07) is 0. The molecule has 0 aromatic heterocycles. The molecule has 12 nitrogen and oxygen atoms in total. The fraction of sp³-hybridized carbons (Fsp3) is 0.805. The second-order valence-corrected chi connectivity index (χ2v) is 16.6. The van der Waals surface area contributed by atoms with Crippen molar-refractivity contribution < 1.29 is 58.1 Å². The molecule has 0 spiro atoms. The van der Waals surface area contributed by atoms with Gasteiger partial charge in [0, 0.05) is 43.8 Å². The predicted octanol–water partition coefficient (Wildman–Crippen LogP) is 6.20. The average molecular weight is 753 g/mol. The number of hydrogen-bond donors (Lipinski definition) is 3. The maximum absolute atomic E-state index is 13.4. The number of aliphatic hydroxyl groups excluding tert-OH is 2. The summed E-state index contributed by atoms with van der Waals surface area (Å²) >= 11 is 0. The Balaban J connectivity index is 2.06. The summed E-state index contributed by atoms with van der Waals surface area (Å²) in [5, 5.41) is 34.5. The number of carbonyl (C=O) groups is 2. The lowest BCUT2D eigenvalue weighted by Crippen LogP contribution is -2.62. The van der Waals surface area contributed by atoms with Crippen LogP contribution >= 0.6 is 0 Å². The van der Waals surface area contributed by atoms with Crippen molar-refractivity contribution in [1.29, 1.82) is 0 Å². The van der Waals surface area contributed by atoms with Gasteiger partial charge in [-0.2, -0.15) is 0 Å². The minimum absolute atomic E-state index is 0.0656. The fourth-order valence-corrected chi connectivity index (χ4v) is 6.98. The molecule has 4 bridgehead atoms. The average Bonchev–Trinajstić information content (AvgIpc) is 3.07. The number of methoxy groups -OCH3 is 1. The number of carbonyl (C=O) groups excluding carboxylic acids is 2. The van der Waals surface area contributed by atoms with Crippen molar-refractivity contribution in [1.82, 2.24) is 0 Å². The zero-order chi connectivity index (χ0) is 39.4. The van der Waals surface area contributed by atoms with E-state index in [1.54, 1.807) is 32.9 Å². The predicted molar refractivity (Wildman–Crippen MR) is 199 cm³/mol. The Bertz CT molecular complexity index is 1240. The van der Waals surface area contributed by atoms with Crippen molar-refractivity contribution >= 4 is 11.9 Å². The van der Waals surface area contributed by atoms with E-state index in [0.29, 0.717) is 44.5 Å². The Morgan fingerprint density at radius 2 is 1.75 bits per heavy atom. The molecule has 0 aliphatic carbocycles. The van der Waals surface area contributed by atoms with Crippen LogP contribution in [0.15, 0.2) is 36.1 Å². The van der Waals surface area contributed by atoms with Crippen molar-refractivity contribution in [2.24, 2.45) is 10.8 Å². The first-order valence-corrected chi connectivity index (χ1v) is 19.5. The van der Waals surface area contributed by atoms with E-state index in [2.05, 4.69) is 34.3 Å². The highest BCUT2D eigenvalue weighted by atomic mass is 16.7. The van der Waals surface area contributed by atoms with Crippen LogP contribution in [0.2, 0.25) is 0 Å². The molecular weight excluding hydrogens is 684 g/mol. The van der Waals surface area contributed by atoms with Gasteiger partial charge in [0.1, 0.15) is 6.10 Å². The van der Waals surface area contributed by atoms with Crippen molar-refractivity contribution in [2.75, 3.05) is 20.3 Å². The number of aliphatic hydroxyl groups is 3. The van der Waals surface area contributed by atoms with Crippen LogP contribution < -0.4 is 0 Å². The van der Waals surface area contributed by atoms with Crippen LogP contribution in [0.5, 0.6) is 0 Å². The highest BCUT2D eigenvalue weighted by Crippen LogP contribution is 2.47. The standard InChI is InChI=1S/C41H68O12/c1-10-11-12-13-14-15-35(44)52-38-29(24-36(45)47-9)23-32-25-33(28(3)42)50-27(2)22-30(43)17-20-48-34(39(4,5)6)26-31-18-21-49-37(51-31)16-19-40(7,8)41(38,46)53-32/h16,19,24,28,30-34,37-38,42-43,46H,2,10-15,17-18,20-23,25-26H2,1,3-9H3/b19-16+,29-24+/t28-,30-,31+,32+,33-,34+,37+,38+,41-/m1/s1. The van der Waals surface area contributed by atoms with Crippen molar-refractivity contribution in [2.45, 2.75) is 180 Å². The van der Waals surface area contributed by atoms with E-state index in [4.69, 9.17) is 33.2 Å². The third kappa shape index (κ3) is 13.7. The van der Waals surface area contributed by atoms with Crippen LogP contribution in [0.25, 0.3) is 0 Å². The molecule has 0 aromatic rings. The van der Waals surface area contributed by atoms with E-state index >= 15 is 0 Å². The molecule has 0 aromatic carbocycles. The van der Waals surface area contributed by atoms with Gasteiger partial charge in [-0.15, -0.1) is 0 Å². The smallest absolute Gasteiger partial charge is 0.330 e. The molecule has 12 heteroatoms. The summed E-state index contributed by atoms with van der Waals surface area (Å²) in [5.41, 5.74) is -1.17. The van der Waals surface area contributed by atoms with Crippen LogP contribution in [-0.4, -0.2) is 102 Å². The molecule has 304 valence electrons. The van der Waals surface area contributed by atoms with Crippen LogP contribution in [0.3, 0.4) is 0 Å². The first-order valence-electron chi connectivity index (χ1n) is 19.5. The lowest BCUT2D eigenvalue weighted by atomic mass is 9.74. The van der Waals surface area contributed by atoms with E-state index in [1.807, 2.05) is 0 Å². The maximum atomic E-state index is 13.4. The van der Waals surface area contributed by atoms with Gasteiger partial charge in [-0.05, 0) is 49.7 Å². The summed E-state index contributed by atoms with van der Waals surface area (Å²) in [6.45, 7) is 18.3. The van der Waals surface area contributed by atoms with E-state index < -0.39 is 60.0 Å². The third-order valence-corrected chi connectivity index (χ3v) is 10.4. The second kappa shape index (κ2) is 20.6. The Labute approximate surface area is 317 Å². The van der Waals surface area contributed by atoms with Crippen molar-refractivity contribution in [3.05, 3.63) is 36.1 Å². The first kappa shape index (κ1) is 45.1. The number of esters is 2. The fourth-order valence-electron chi connectivity index (χ4n) is 6.98. The maximum Gasteiger partial charge on any atom is 0.330 e. The van der Waals surface area contributed by atoms with Gasteiger partial charge < -0.3 is 48.5 Å². The third-order valence-electron chi connectivity index (χ3n) is 10.4. The summed E-state index contributed by atoms with van der Waals surface area (Å²) in [6.07, 6.45) is 5.42. The number of rotatable bonds is 9. The van der Waals surface area contributed by atoms with E-state index in [9.17, 15) is 24.9 Å². The van der Waals surface area contributed by atoms with Gasteiger partial charge in [0.25, 0.3) is 0 Å².